The first-order valence-electron chi connectivity index (χ1n) is 10.7. The fourth-order valence-electron chi connectivity index (χ4n) is 4.36. The van der Waals surface area contributed by atoms with Gasteiger partial charge in [-0.15, -0.1) is 0 Å². The lowest BCUT2D eigenvalue weighted by atomic mass is 9.94. The Morgan fingerprint density at radius 2 is 1.85 bits per heavy atom. The van der Waals surface area contributed by atoms with Crippen molar-refractivity contribution in [2.24, 2.45) is 11.8 Å². The summed E-state index contributed by atoms with van der Waals surface area (Å²) in [6.45, 7) is 6.57. The largest absolute Gasteiger partial charge is 0.420 e. The Kier molecular flexibility index (Phi) is 6.39. The highest BCUT2D eigenvalue weighted by molar-refractivity contribution is 7.89. The lowest BCUT2D eigenvalue weighted by Gasteiger charge is -2.34. The molecule has 0 aliphatic carbocycles. The number of nitrogens with one attached hydrogen (secondary N) is 1. The molecule has 1 aliphatic rings. The molecular formula is C23H26ClN3O5S. The van der Waals surface area contributed by atoms with E-state index in [4.69, 9.17) is 16.0 Å². The standard InChI is InChI=1S/C23H26ClN3O5S/c1-14-4-6-19(18(24)9-14)25-22(28)13-27-20-7-5-17(10-21(20)32-23(27)29)33(30,31)26-11-15(2)8-16(3)12-26/h4-7,9-10,15-16H,8,11-13H2,1-3H3,(H,25,28). The third-order valence-electron chi connectivity index (χ3n) is 5.81. The summed E-state index contributed by atoms with van der Waals surface area (Å²) in [6.07, 6.45) is 0.985. The van der Waals surface area contributed by atoms with Gasteiger partial charge in [-0.25, -0.2) is 13.2 Å². The molecular weight excluding hydrogens is 466 g/mol. The number of amides is 1. The summed E-state index contributed by atoms with van der Waals surface area (Å²) in [7, 11) is -3.73. The number of piperidine rings is 1. The highest BCUT2D eigenvalue weighted by Gasteiger charge is 2.32. The number of nitrogens with zero attached hydrogens (tertiary/aromatic N) is 2. The van der Waals surface area contributed by atoms with Gasteiger partial charge in [0.2, 0.25) is 15.9 Å². The Morgan fingerprint density at radius 1 is 1.15 bits per heavy atom. The third kappa shape index (κ3) is 4.85. The van der Waals surface area contributed by atoms with Crippen LogP contribution in [0.3, 0.4) is 0 Å². The van der Waals surface area contributed by atoms with E-state index >= 15 is 0 Å². The molecule has 10 heteroatoms. The van der Waals surface area contributed by atoms with Crippen LogP contribution in [0.25, 0.3) is 11.1 Å². The van der Waals surface area contributed by atoms with Crippen molar-refractivity contribution in [1.82, 2.24) is 8.87 Å². The summed E-state index contributed by atoms with van der Waals surface area (Å²) in [6, 6.07) is 9.51. The van der Waals surface area contributed by atoms with Crippen LogP contribution < -0.4 is 11.1 Å². The van der Waals surface area contributed by atoms with E-state index in [-0.39, 0.29) is 28.9 Å². The number of anilines is 1. The van der Waals surface area contributed by atoms with Gasteiger partial charge >= 0.3 is 5.76 Å². The van der Waals surface area contributed by atoms with Crippen LogP contribution in [-0.4, -0.2) is 36.3 Å². The van der Waals surface area contributed by atoms with Crippen LogP contribution in [-0.2, 0) is 21.4 Å². The van der Waals surface area contributed by atoms with Gasteiger partial charge in [0.15, 0.2) is 5.58 Å². The third-order valence-corrected chi connectivity index (χ3v) is 7.95. The molecule has 2 aromatic carbocycles. The van der Waals surface area contributed by atoms with Crippen molar-refractivity contribution in [3.63, 3.8) is 0 Å². The lowest BCUT2D eigenvalue weighted by Crippen LogP contribution is -2.42. The van der Waals surface area contributed by atoms with Crippen molar-refractivity contribution in [2.45, 2.75) is 38.6 Å². The van der Waals surface area contributed by atoms with Gasteiger partial charge in [-0.3, -0.25) is 9.36 Å². The van der Waals surface area contributed by atoms with Gasteiger partial charge in [-0.2, -0.15) is 4.31 Å². The number of sulfonamides is 1. The molecule has 1 amide bonds. The van der Waals surface area contributed by atoms with Crippen molar-refractivity contribution < 1.29 is 17.6 Å². The van der Waals surface area contributed by atoms with Crippen molar-refractivity contribution in [3.05, 3.63) is 57.5 Å². The van der Waals surface area contributed by atoms with E-state index in [1.165, 1.54) is 22.5 Å². The van der Waals surface area contributed by atoms with Crippen LogP contribution in [0.1, 0.15) is 25.8 Å². The normalized spacial score (nSPS) is 19.6. The molecule has 176 valence electrons. The Bertz CT molecular complexity index is 1370. The van der Waals surface area contributed by atoms with E-state index in [9.17, 15) is 18.0 Å². The average Bonchev–Trinajstić information content (AvgIpc) is 3.03. The number of fused-ring (bicyclic) bond motifs is 1. The highest BCUT2D eigenvalue weighted by Crippen LogP contribution is 2.28. The number of hydrogen-bond donors (Lipinski definition) is 1. The van der Waals surface area contributed by atoms with Gasteiger partial charge in [-0.1, -0.05) is 31.5 Å². The Labute approximate surface area is 197 Å². The first-order valence-corrected chi connectivity index (χ1v) is 12.6. The van der Waals surface area contributed by atoms with Crippen molar-refractivity contribution in [2.75, 3.05) is 18.4 Å². The quantitative estimate of drug-likeness (QED) is 0.584. The molecule has 1 saturated heterocycles. The smallest absolute Gasteiger partial charge is 0.408 e. The molecule has 0 saturated carbocycles. The molecule has 1 N–H and O–H groups in total. The van der Waals surface area contributed by atoms with Gasteiger partial charge in [0.1, 0.15) is 6.54 Å². The summed E-state index contributed by atoms with van der Waals surface area (Å²) in [5.74, 6) is -0.665. The predicted octanol–water partition coefficient (Wildman–Crippen LogP) is 3.86. The van der Waals surface area contributed by atoms with Crippen molar-refractivity contribution in [1.29, 1.82) is 0 Å². The van der Waals surface area contributed by atoms with E-state index in [2.05, 4.69) is 5.32 Å². The summed E-state index contributed by atoms with van der Waals surface area (Å²) >= 11 is 6.16. The maximum atomic E-state index is 13.2. The highest BCUT2D eigenvalue weighted by atomic mass is 35.5. The minimum absolute atomic E-state index is 0.0630. The minimum atomic E-state index is -3.73. The van der Waals surface area contributed by atoms with Crippen LogP contribution in [0.2, 0.25) is 5.02 Å². The number of hydrogen-bond acceptors (Lipinski definition) is 5. The molecule has 0 radical (unpaired) electrons. The fourth-order valence-corrected chi connectivity index (χ4v) is 6.34. The number of aryl methyl sites for hydroxylation is 1. The van der Waals surface area contributed by atoms with Crippen molar-refractivity contribution >= 4 is 44.3 Å². The first kappa shape index (κ1) is 23.5. The lowest BCUT2D eigenvalue weighted by molar-refractivity contribution is -0.116. The summed E-state index contributed by atoms with van der Waals surface area (Å²) in [5, 5.41) is 3.07. The molecule has 2 unspecified atom stereocenters. The fraction of sp³-hybridized carbons (Fsp3) is 0.391. The zero-order valence-electron chi connectivity index (χ0n) is 18.7. The molecule has 0 bridgehead atoms. The Hall–Kier alpha value is -2.62. The van der Waals surface area contributed by atoms with E-state index in [1.54, 1.807) is 12.1 Å². The van der Waals surface area contributed by atoms with Gasteiger partial charge in [0.25, 0.3) is 0 Å². The Morgan fingerprint density at radius 3 is 2.52 bits per heavy atom. The number of carbonyl (C=O) groups is 1. The zero-order valence-corrected chi connectivity index (χ0v) is 20.2. The molecule has 1 fully saturated rings. The second kappa shape index (κ2) is 8.96. The molecule has 4 rings (SSSR count). The van der Waals surface area contributed by atoms with E-state index in [1.807, 2.05) is 26.8 Å². The molecule has 2 atom stereocenters. The molecule has 0 spiro atoms. The molecule has 33 heavy (non-hydrogen) atoms. The number of carbonyl (C=O) groups excluding carboxylic acids is 1. The molecule has 3 aromatic rings. The number of oxazole rings is 1. The summed E-state index contributed by atoms with van der Waals surface area (Å²) in [5.41, 5.74) is 1.84. The molecule has 1 aromatic heterocycles. The van der Waals surface area contributed by atoms with Crippen LogP contribution >= 0.6 is 11.6 Å². The molecule has 1 aliphatic heterocycles. The predicted molar refractivity (Wildman–Crippen MR) is 127 cm³/mol. The monoisotopic (exact) mass is 491 g/mol. The second-order valence-corrected chi connectivity index (χ2v) is 11.2. The van der Waals surface area contributed by atoms with Gasteiger partial charge < -0.3 is 9.73 Å². The number of rotatable bonds is 5. The van der Waals surface area contributed by atoms with Crippen molar-refractivity contribution in [3.8, 4) is 0 Å². The number of halogens is 1. The van der Waals surface area contributed by atoms with E-state index in [0.717, 1.165) is 16.6 Å². The van der Waals surface area contributed by atoms with Crippen LogP contribution in [0.4, 0.5) is 5.69 Å². The SMILES string of the molecule is Cc1ccc(NC(=O)Cn2c(=O)oc3cc(S(=O)(=O)N4CC(C)CC(C)C4)ccc32)c(Cl)c1. The van der Waals surface area contributed by atoms with Crippen LogP contribution in [0, 0.1) is 18.8 Å². The van der Waals surface area contributed by atoms with Crippen LogP contribution in [0.5, 0.6) is 0 Å². The van der Waals surface area contributed by atoms with Gasteiger partial charge in [-0.05, 0) is 55.0 Å². The average molecular weight is 492 g/mol. The number of aromatic nitrogens is 1. The summed E-state index contributed by atoms with van der Waals surface area (Å²) < 4.78 is 34.3. The maximum absolute atomic E-state index is 13.2. The topological polar surface area (TPSA) is 102 Å². The van der Waals surface area contributed by atoms with E-state index < -0.39 is 21.7 Å². The van der Waals surface area contributed by atoms with E-state index in [0.29, 0.717) is 29.3 Å². The minimum Gasteiger partial charge on any atom is -0.408 e. The van der Waals surface area contributed by atoms with Gasteiger partial charge in [0, 0.05) is 19.2 Å². The Balaban J connectivity index is 1.59. The number of benzene rings is 2. The zero-order chi connectivity index (χ0) is 23.9. The first-order chi connectivity index (χ1) is 15.5. The summed E-state index contributed by atoms with van der Waals surface area (Å²) in [4.78, 5) is 25.0. The van der Waals surface area contributed by atoms with Crippen LogP contribution in [0.15, 0.2) is 50.5 Å². The second-order valence-electron chi connectivity index (χ2n) is 8.88. The maximum Gasteiger partial charge on any atom is 0.420 e. The molecule has 8 nitrogen and oxygen atoms in total. The molecule has 2 heterocycles. The van der Waals surface area contributed by atoms with Gasteiger partial charge in [0.05, 0.1) is 21.1 Å².